The smallest absolute Gasteiger partial charge is 0.322 e. The number of primary amides is 1. The van der Waals surface area contributed by atoms with Crippen LogP contribution in [-0.4, -0.2) is 82.3 Å². The minimum absolute atomic E-state index is 0.230. The third-order valence-electron chi connectivity index (χ3n) is 3.36. The van der Waals surface area contributed by atoms with Crippen LogP contribution in [0.1, 0.15) is 19.8 Å². The van der Waals surface area contributed by atoms with Crippen molar-refractivity contribution in [2.75, 3.05) is 13.2 Å². The Morgan fingerprint density at radius 3 is 2.00 bits per heavy atom. The van der Waals surface area contributed by atoms with E-state index < -0.39 is 67.0 Å². The van der Waals surface area contributed by atoms with Gasteiger partial charge in [-0.1, -0.05) is 0 Å². The largest absolute Gasteiger partial charge is 0.480 e. The molecular formula is C14H25N5O8. The quantitative estimate of drug-likeness (QED) is 0.159. The molecule has 0 saturated heterocycles. The van der Waals surface area contributed by atoms with E-state index in [9.17, 15) is 34.2 Å². The number of nitrogens with two attached hydrogens (primary N) is 2. The summed E-state index contributed by atoms with van der Waals surface area (Å²) in [6, 6.07) is -4.18. The van der Waals surface area contributed by atoms with Crippen molar-refractivity contribution in [1.29, 1.82) is 0 Å². The second-order valence-electron chi connectivity index (χ2n) is 5.69. The van der Waals surface area contributed by atoms with Crippen molar-refractivity contribution in [3.8, 4) is 0 Å². The molecule has 0 aliphatic rings. The van der Waals surface area contributed by atoms with Crippen LogP contribution in [0.3, 0.4) is 0 Å². The van der Waals surface area contributed by atoms with Crippen LogP contribution in [0.25, 0.3) is 0 Å². The van der Waals surface area contributed by atoms with Crippen molar-refractivity contribution < 1.29 is 39.3 Å². The number of aliphatic hydroxyl groups excluding tert-OH is 2. The molecule has 0 fully saturated rings. The van der Waals surface area contributed by atoms with E-state index in [-0.39, 0.29) is 12.8 Å². The predicted octanol–water partition coefficient (Wildman–Crippen LogP) is -4.88. The van der Waals surface area contributed by atoms with Crippen LogP contribution in [0, 0.1) is 0 Å². The molecule has 0 spiro atoms. The van der Waals surface area contributed by atoms with E-state index in [0.29, 0.717) is 0 Å². The summed E-state index contributed by atoms with van der Waals surface area (Å²) in [5, 5.41) is 33.5. The molecular weight excluding hydrogens is 366 g/mol. The minimum atomic E-state index is -1.49. The fraction of sp³-hybridized carbons (Fsp3) is 0.643. The average molecular weight is 391 g/mol. The summed E-state index contributed by atoms with van der Waals surface area (Å²) in [5.41, 5.74) is 10.4. The fourth-order valence-electron chi connectivity index (χ4n) is 1.79. The molecule has 0 bridgehead atoms. The summed E-state index contributed by atoms with van der Waals surface area (Å²) in [4.78, 5) is 57.4. The van der Waals surface area contributed by atoms with Gasteiger partial charge in [-0.25, -0.2) is 0 Å². The van der Waals surface area contributed by atoms with Crippen LogP contribution in [0.15, 0.2) is 0 Å². The van der Waals surface area contributed by atoms with E-state index in [1.165, 1.54) is 6.92 Å². The van der Waals surface area contributed by atoms with Crippen molar-refractivity contribution >= 4 is 29.6 Å². The molecule has 13 nitrogen and oxygen atoms in total. The summed E-state index contributed by atoms with van der Waals surface area (Å²) < 4.78 is 0. The Morgan fingerprint density at radius 2 is 1.56 bits per heavy atom. The number of rotatable bonds is 12. The van der Waals surface area contributed by atoms with E-state index in [2.05, 4.69) is 10.6 Å². The van der Waals surface area contributed by atoms with Gasteiger partial charge in [0.1, 0.15) is 24.7 Å². The summed E-state index contributed by atoms with van der Waals surface area (Å²) in [6.07, 6.45) is -1.72. The van der Waals surface area contributed by atoms with Crippen molar-refractivity contribution in [2.24, 2.45) is 11.5 Å². The van der Waals surface area contributed by atoms with Crippen molar-refractivity contribution in [3.63, 3.8) is 0 Å². The van der Waals surface area contributed by atoms with Crippen LogP contribution < -0.4 is 27.4 Å². The molecule has 27 heavy (non-hydrogen) atoms. The zero-order valence-electron chi connectivity index (χ0n) is 14.7. The number of carboxylic acid groups (broad SMARTS) is 1. The van der Waals surface area contributed by atoms with E-state index in [4.69, 9.17) is 16.6 Å². The third-order valence-corrected chi connectivity index (χ3v) is 3.36. The van der Waals surface area contributed by atoms with Crippen LogP contribution >= 0.6 is 0 Å². The van der Waals surface area contributed by atoms with E-state index in [0.717, 1.165) is 0 Å². The summed E-state index contributed by atoms with van der Waals surface area (Å²) in [6.45, 7) is -0.306. The zero-order chi connectivity index (χ0) is 21.1. The molecule has 0 radical (unpaired) electrons. The maximum Gasteiger partial charge on any atom is 0.322 e. The minimum Gasteiger partial charge on any atom is -0.480 e. The van der Waals surface area contributed by atoms with Crippen LogP contribution in [0.2, 0.25) is 0 Å². The maximum atomic E-state index is 12.2. The van der Waals surface area contributed by atoms with E-state index >= 15 is 0 Å². The lowest BCUT2D eigenvalue weighted by Crippen LogP contribution is -2.58. The van der Waals surface area contributed by atoms with Gasteiger partial charge in [0.15, 0.2) is 0 Å². The molecule has 10 N–H and O–H groups in total. The highest BCUT2D eigenvalue weighted by molar-refractivity contribution is 5.94. The number of carbonyl (C=O) groups is 5. The summed E-state index contributed by atoms with van der Waals surface area (Å²) >= 11 is 0. The van der Waals surface area contributed by atoms with Crippen LogP contribution in [0.5, 0.6) is 0 Å². The van der Waals surface area contributed by atoms with Crippen molar-refractivity contribution in [1.82, 2.24) is 16.0 Å². The first kappa shape index (κ1) is 24.2. The number of amides is 4. The number of aliphatic carboxylic acids is 1. The Hall–Kier alpha value is -2.77. The second kappa shape index (κ2) is 11.8. The Morgan fingerprint density at radius 1 is 1.00 bits per heavy atom. The van der Waals surface area contributed by atoms with Gasteiger partial charge in [0, 0.05) is 6.42 Å². The molecule has 0 heterocycles. The van der Waals surface area contributed by atoms with Crippen LogP contribution in [-0.2, 0) is 24.0 Å². The number of carbonyl (C=O) groups excluding carboxylic acids is 4. The third kappa shape index (κ3) is 9.48. The molecule has 0 aromatic heterocycles. The monoisotopic (exact) mass is 391 g/mol. The van der Waals surface area contributed by atoms with Crippen LogP contribution in [0.4, 0.5) is 0 Å². The Labute approximate surface area is 154 Å². The summed E-state index contributed by atoms with van der Waals surface area (Å²) in [5.74, 6) is -4.87. The van der Waals surface area contributed by atoms with Gasteiger partial charge in [0.05, 0.1) is 12.7 Å². The maximum absolute atomic E-state index is 12.2. The molecule has 0 aliphatic heterocycles. The predicted molar refractivity (Wildman–Crippen MR) is 89.7 cm³/mol. The highest BCUT2D eigenvalue weighted by atomic mass is 16.4. The topological polar surface area (TPSA) is 234 Å². The number of hydrogen-bond donors (Lipinski definition) is 8. The molecule has 4 unspecified atom stereocenters. The van der Waals surface area contributed by atoms with Crippen molar-refractivity contribution in [3.05, 3.63) is 0 Å². The number of hydrogen-bond acceptors (Lipinski definition) is 8. The second-order valence-corrected chi connectivity index (χ2v) is 5.69. The van der Waals surface area contributed by atoms with Crippen molar-refractivity contribution in [2.45, 2.75) is 44.0 Å². The van der Waals surface area contributed by atoms with Gasteiger partial charge < -0.3 is 42.7 Å². The first-order chi connectivity index (χ1) is 12.5. The van der Waals surface area contributed by atoms with Gasteiger partial charge in [0.25, 0.3) is 0 Å². The molecule has 0 saturated carbocycles. The standard InChI is InChI=1S/C14H25N5O8/c1-6(21)11(16)14(27)19-8(5-20)13(26)18-7(2-3-9(15)22)12(25)17-4-10(23)24/h6-8,11,20-21H,2-5,16H2,1H3,(H2,15,22)(H,17,25)(H,18,26)(H,19,27)(H,23,24). The first-order valence-corrected chi connectivity index (χ1v) is 7.92. The van der Waals surface area contributed by atoms with Gasteiger partial charge in [-0.3, -0.25) is 24.0 Å². The lowest BCUT2D eigenvalue weighted by Gasteiger charge is -2.23. The Bertz CT molecular complexity index is 568. The molecule has 4 amide bonds. The lowest BCUT2D eigenvalue weighted by atomic mass is 10.1. The molecule has 13 heteroatoms. The Balaban J connectivity index is 5.04. The number of carboxylic acids is 1. The van der Waals surface area contributed by atoms with Gasteiger partial charge in [-0.05, 0) is 13.3 Å². The average Bonchev–Trinajstić information content (AvgIpc) is 2.59. The SMILES string of the molecule is CC(O)C(N)C(=O)NC(CO)C(=O)NC(CCC(N)=O)C(=O)NCC(=O)O. The molecule has 4 atom stereocenters. The van der Waals surface area contributed by atoms with E-state index in [1.54, 1.807) is 0 Å². The molecule has 0 aromatic rings. The van der Waals surface area contributed by atoms with E-state index in [1.807, 2.05) is 5.32 Å². The first-order valence-electron chi connectivity index (χ1n) is 7.92. The normalized spacial score (nSPS) is 15.0. The lowest BCUT2D eigenvalue weighted by molar-refractivity contribution is -0.139. The van der Waals surface area contributed by atoms with Gasteiger partial charge in [-0.2, -0.15) is 0 Å². The molecule has 0 aliphatic carbocycles. The highest BCUT2D eigenvalue weighted by Gasteiger charge is 2.29. The molecule has 0 aromatic carbocycles. The highest BCUT2D eigenvalue weighted by Crippen LogP contribution is 2.00. The zero-order valence-corrected chi connectivity index (χ0v) is 14.7. The molecule has 154 valence electrons. The molecule has 0 rings (SSSR count). The van der Waals surface area contributed by atoms with Gasteiger partial charge in [0.2, 0.25) is 23.6 Å². The number of nitrogens with one attached hydrogen (secondary N) is 3. The fourth-order valence-corrected chi connectivity index (χ4v) is 1.79. The Kier molecular flexibility index (Phi) is 10.6. The number of aliphatic hydroxyl groups is 2. The summed E-state index contributed by atoms with van der Waals surface area (Å²) in [7, 11) is 0. The van der Waals surface area contributed by atoms with Gasteiger partial charge in [-0.15, -0.1) is 0 Å². The van der Waals surface area contributed by atoms with Gasteiger partial charge >= 0.3 is 5.97 Å².